The lowest BCUT2D eigenvalue weighted by Gasteiger charge is -2.10. The molecular formula is C24H25N5O. The number of nitrogens with zero attached hydrogens (tertiary/aromatic N) is 2. The molecule has 0 fully saturated rings. The van der Waals surface area contributed by atoms with Gasteiger partial charge in [-0.25, -0.2) is 9.97 Å². The van der Waals surface area contributed by atoms with Crippen molar-refractivity contribution in [2.75, 3.05) is 11.9 Å². The third-order valence-corrected chi connectivity index (χ3v) is 5.20. The molecule has 0 spiro atoms. The van der Waals surface area contributed by atoms with Gasteiger partial charge in [0.2, 0.25) is 5.95 Å². The molecule has 0 saturated heterocycles. The summed E-state index contributed by atoms with van der Waals surface area (Å²) in [5.41, 5.74) is 6.68. The quantitative estimate of drug-likeness (QED) is 0.442. The number of carbonyl (C=O) groups is 1. The van der Waals surface area contributed by atoms with E-state index in [0.717, 1.165) is 23.3 Å². The molecule has 0 radical (unpaired) electrons. The molecule has 0 atom stereocenters. The van der Waals surface area contributed by atoms with Gasteiger partial charge in [0, 0.05) is 35.0 Å². The van der Waals surface area contributed by atoms with Crippen molar-refractivity contribution in [2.45, 2.75) is 27.2 Å². The zero-order valence-corrected chi connectivity index (χ0v) is 17.4. The second-order valence-corrected chi connectivity index (χ2v) is 7.51. The molecule has 4 aromatic rings. The maximum absolute atomic E-state index is 12.7. The van der Waals surface area contributed by atoms with Crippen LogP contribution >= 0.6 is 0 Å². The van der Waals surface area contributed by atoms with Gasteiger partial charge in [0.25, 0.3) is 5.91 Å². The van der Waals surface area contributed by atoms with Crippen molar-refractivity contribution in [1.82, 2.24) is 20.3 Å². The highest BCUT2D eigenvalue weighted by molar-refractivity contribution is 5.92. The van der Waals surface area contributed by atoms with E-state index in [-0.39, 0.29) is 5.91 Å². The fourth-order valence-corrected chi connectivity index (χ4v) is 3.43. The zero-order chi connectivity index (χ0) is 21.1. The number of hydrogen-bond donors (Lipinski definition) is 3. The van der Waals surface area contributed by atoms with E-state index in [1.165, 1.54) is 22.1 Å². The van der Waals surface area contributed by atoms with Crippen LogP contribution in [0.25, 0.3) is 10.9 Å². The Labute approximate surface area is 175 Å². The number of para-hydroxylation sites is 1. The summed E-state index contributed by atoms with van der Waals surface area (Å²) >= 11 is 0. The second-order valence-electron chi connectivity index (χ2n) is 7.51. The molecule has 0 aliphatic heterocycles. The molecule has 0 unspecified atom stereocenters. The third-order valence-electron chi connectivity index (χ3n) is 5.20. The highest BCUT2D eigenvalue weighted by atomic mass is 16.1. The maximum Gasteiger partial charge on any atom is 0.270 e. The predicted octanol–water partition coefficient (Wildman–Crippen LogP) is 4.60. The number of nitrogens with one attached hydrogen (secondary N) is 3. The number of aryl methyl sites for hydroxylation is 3. The monoisotopic (exact) mass is 399 g/mol. The number of fused-ring (bicyclic) bond motifs is 1. The van der Waals surface area contributed by atoms with E-state index in [1.54, 1.807) is 6.07 Å². The molecule has 0 saturated carbocycles. The zero-order valence-electron chi connectivity index (χ0n) is 17.4. The number of rotatable bonds is 6. The minimum atomic E-state index is -0.205. The first-order valence-corrected chi connectivity index (χ1v) is 10.0. The number of carbonyl (C=O) groups excluding carboxylic acids is 1. The Morgan fingerprint density at radius 1 is 1.00 bits per heavy atom. The third kappa shape index (κ3) is 4.33. The Bertz CT molecular complexity index is 1210. The van der Waals surface area contributed by atoms with Crippen LogP contribution in [-0.2, 0) is 6.42 Å². The summed E-state index contributed by atoms with van der Waals surface area (Å²) in [4.78, 5) is 24.7. The first kappa shape index (κ1) is 19.6. The topological polar surface area (TPSA) is 82.7 Å². The van der Waals surface area contributed by atoms with Gasteiger partial charge in [0.05, 0.1) is 0 Å². The minimum absolute atomic E-state index is 0.205. The second kappa shape index (κ2) is 8.37. The molecule has 2 heterocycles. The van der Waals surface area contributed by atoms with Crippen molar-refractivity contribution in [3.05, 3.63) is 82.8 Å². The molecule has 0 bridgehead atoms. The molecular weight excluding hydrogens is 374 g/mol. The summed E-state index contributed by atoms with van der Waals surface area (Å²) in [6.07, 6.45) is 2.74. The number of aromatic amines is 1. The van der Waals surface area contributed by atoms with E-state index in [0.29, 0.717) is 18.2 Å². The summed E-state index contributed by atoms with van der Waals surface area (Å²) in [5.74, 6) is 0.212. The van der Waals surface area contributed by atoms with E-state index < -0.39 is 0 Å². The van der Waals surface area contributed by atoms with Gasteiger partial charge in [-0.1, -0.05) is 24.3 Å². The Morgan fingerprint density at radius 3 is 2.67 bits per heavy atom. The van der Waals surface area contributed by atoms with Gasteiger partial charge in [0.15, 0.2) is 0 Å². The van der Waals surface area contributed by atoms with Gasteiger partial charge in [-0.15, -0.1) is 0 Å². The number of anilines is 2. The number of aromatic nitrogens is 3. The number of hydrogen-bond acceptors (Lipinski definition) is 4. The molecule has 152 valence electrons. The van der Waals surface area contributed by atoms with Crippen LogP contribution in [0.15, 0.2) is 54.7 Å². The number of H-pyrrole nitrogens is 1. The standard InChI is InChI=1S/C24H25N5O/c1-15-8-9-19(12-16(15)2)28-24-27-17(3)13-22(29-24)23(30)25-11-10-18-14-26-21-7-5-4-6-20(18)21/h4-9,12-14,26H,10-11H2,1-3H3,(H,25,30)(H,27,28,29). The molecule has 0 aliphatic carbocycles. The summed E-state index contributed by atoms with van der Waals surface area (Å²) < 4.78 is 0. The van der Waals surface area contributed by atoms with Crippen molar-refractivity contribution in [2.24, 2.45) is 0 Å². The normalized spacial score (nSPS) is 10.9. The SMILES string of the molecule is Cc1cc(C(=O)NCCc2c[nH]c3ccccc23)nc(Nc2ccc(C)c(C)c2)n1. The first-order chi connectivity index (χ1) is 14.5. The average Bonchev–Trinajstić information content (AvgIpc) is 3.13. The Balaban J connectivity index is 1.42. The van der Waals surface area contributed by atoms with Gasteiger partial charge < -0.3 is 15.6 Å². The van der Waals surface area contributed by atoms with Crippen LogP contribution < -0.4 is 10.6 Å². The lowest BCUT2D eigenvalue weighted by Crippen LogP contribution is -2.27. The molecule has 2 aromatic heterocycles. The molecule has 6 heteroatoms. The van der Waals surface area contributed by atoms with Crippen LogP contribution in [0.3, 0.4) is 0 Å². The van der Waals surface area contributed by atoms with E-state index >= 15 is 0 Å². The molecule has 1 amide bonds. The molecule has 0 aliphatic rings. The van der Waals surface area contributed by atoms with Crippen molar-refractivity contribution in [3.63, 3.8) is 0 Å². The van der Waals surface area contributed by atoms with E-state index in [9.17, 15) is 4.79 Å². The van der Waals surface area contributed by atoms with Gasteiger partial charge in [-0.2, -0.15) is 0 Å². The van der Waals surface area contributed by atoms with E-state index in [1.807, 2.05) is 49.5 Å². The summed E-state index contributed by atoms with van der Waals surface area (Å²) in [5, 5.41) is 7.35. The van der Waals surface area contributed by atoms with Crippen molar-refractivity contribution >= 4 is 28.4 Å². The van der Waals surface area contributed by atoms with E-state index in [4.69, 9.17) is 0 Å². The van der Waals surface area contributed by atoms with Gasteiger partial charge in [0.1, 0.15) is 5.69 Å². The van der Waals surface area contributed by atoms with Crippen LogP contribution in [-0.4, -0.2) is 27.4 Å². The van der Waals surface area contributed by atoms with Crippen LogP contribution in [0.1, 0.15) is 32.9 Å². The summed E-state index contributed by atoms with van der Waals surface area (Å²) in [6, 6.07) is 15.9. The molecule has 6 nitrogen and oxygen atoms in total. The highest BCUT2D eigenvalue weighted by Gasteiger charge is 2.11. The molecule has 30 heavy (non-hydrogen) atoms. The largest absolute Gasteiger partial charge is 0.361 e. The Kier molecular flexibility index (Phi) is 5.48. The Hall–Kier alpha value is -3.67. The highest BCUT2D eigenvalue weighted by Crippen LogP contribution is 2.19. The van der Waals surface area contributed by atoms with Crippen molar-refractivity contribution in [1.29, 1.82) is 0 Å². The molecule has 2 aromatic carbocycles. The Morgan fingerprint density at radius 2 is 1.83 bits per heavy atom. The molecule has 3 N–H and O–H groups in total. The average molecular weight is 399 g/mol. The van der Waals surface area contributed by atoms with Gasteiger partial charge >= 0.3 is 0 Å². The number of benzene rings is 2. The van der Waals surface area contributed by atoms with Crippen LogP contribution in [0.5, 0.6) is 0 Å². The van der Waals surface area contributed by atoms with E-state index in [2.05, 4.69) is 45.5 Å². The molecule has 4 rings (SSSR count). The maximum atomic E-state index is 12.7. The van der Waals surface area contributed by atoms with Gasteiger partial charge in [-0.3, -0.25) is 4.79 Å². The number of amides is 1. The summed E-state index contributed by atoms with van der Waals surface area (Å²) in [7, 11) is 0. The van der Waals surface area contributed by atoms with Crippen molar-refractivity contribution < 1.29 is 4.79 Å². The van der Waals surface area contributed by atoms with Gasteiger partial charge in [-0.05, 0) is 68.1 Å². The first-order valence-electron chi connectivity index (χ1n) is 10.0. The van der Waals surface area contributed by atoms with Crippen molar-refractivity contribution in [3.8, 4) is 0 Å². The van der Waals surface area contributed by atoms with Crippen LogP contribution in [0, 0.1) is 20.8 Å². The lowest BCUT2D eigenvalue weighted by atomic mass is 10.1. The summed E-state index contributed by atoms with van der Waals surface area (Å²) in [6.45, 7) is 6.52. The smallest absolute Gasteiger partial charge is 0.270 e. The lowest BCUT2D eigenvalue weighted by molar-refractivity contribution is 0.0949. The predicted molar refractivity (Wildman–Crippen MR) is 120 cm³/mol. The fraction of sp³-hybridized carbons (Fsp3) is 0.208. The fourth-order valence-electron chi connectivity index (χ4n) is 3.43. The van der Waals surface area contributed by atoms with Crippen LogP contribution in [0.4, 0.5) is 11.6 Å². The van der Waals surface area contributed by atoms with Crippen LogP contribution in [0.2, 0.25) is 0 Å². The minimum Gasteiger partial charge on any atom is -0.361 e.